The molecular weight excluding hydrogens is 423 g/mol. The van der Waals surface area contributed by atoms with E-state index in [1.54, 1.807) is 18.2 Å². The third-order valence-electron chi connectivity index (χ3n) is 5.66. The second-order valence-corrected chi connectivity index (χ2v) is 8.22. The number of amides is 1. The summed E-state index contributed by atoms with van der Waals surface area (Å²) in [5.74, 6) is 0.0472. The number of hydrazine groups is 1. The lowest BCUT2D eigenvalue weighted by molar-refractivity contribution is 0.0956. The molecule has 2 bridgehead atoms. The first-order chi connectivity index (χ1) is 13.6. The van der Waals surface area contributed by atoms with E-state index in [9.17, 15) is 9.18 Å². The molecule has 2 aliphatic rings. The van der Waals surface area contributed by atoms with Crippen LogP contribution >= 0.6 is 15.9 Å². The number of anilines is 1. The summed E-state index contributed by atoms with van der Waals surface area (Å²) in [5, 5.41) is 4.66. The summed E-state index contributed by atoms with van der Waals surface area (Å²) < 4.78 is 16.7. The molecule has 7 heteroatoms. The topological polar surface area (TPSA) is 59.0 Å². The van der Waals surface area contributed by atoms with Crippen molar-refractivity contribution in [1.29, 1.82) is 0 Å². The molecule has 0 radical (unpaired) electrons. The van der Waals surface area contributed by atoms with Gasteiger partial charge in [0.2, 0.25) is 0 Å². The number of nitrogens with one attached hydrogen (secondary N) is 2. The van der Waals surface area contributed by atoms with Crippen molar-refractivity contribution >= 4 is 27.5 Å². The van der Waals surface area contributed by atoms with Crippen LogP contribution in [0.15, 0.2) is 53.0 Å². The fourth-order valence-electron chi connectivity index (χ4n) is 4.42. The predicted molar refractivity (Wildman–Crippen MR) is 108 cm³/mol. The zero-order valence-electron chi connectivity index (χ0n) is 15.0. The van der Waals surface area contributed by atoms with Gasteiger partial charge in [-0.2, -0.15) is 5.10 Å². The van der Waals surface area contributed by atoms with Crippen LogP contribution in [-0.2, 0) is 0 Å². The Kier molecular flexibility index (Phi) is 4.19. The van der Waals surface area contributed by atoms with E-state index in [0.717, 1.165) is 40.7 Å². The molecule has 142 valence electrons. The molecule has 0 spiro atoms. The summed E-state index contributed by atoms with van der Waals surface area (Å²) >= 11 is 3.46. The summed E-state index contributed by atoms with van der Waals surface area (Å²) in [4.78, 5) is 12.9. The van der Waals surface area contributed by atoms with Gasteiger partial charge in [-0.3, -0.25) is 15.6 Å². The molecule has 1 fully saturated rings. The van der Waals surface area contributed by atoms with Gasteiger partial charge in [0.05, 0.1) is 17.1 Å². The summed E-state index contributed by atoms with van der Waals surface area (Å²) in [6, 6.07) is 14.1. The van der Waals surface area contributed by atoms with E-state index in [0.29, 0.717) is 17.5 Å². The number of para-hydroxylation sites is 1. The highest BCUT2D eigenvalue weighted by atomic mass is 79.9. The maximum atomic E-state index is 13.8. The Labute approximate surface area is 170 Å². The Morgan fingerprint density at radius 2 is 1.86 bits per heavy atom. The van der Waals surface area contributed by atoms with Crippen LogP contribution in [0.4, 0.5) is 10.1 Å². The molecule has 1 heterocycles. The Balaban J connectivity index is 1.49. The van der Waals surface area contributed by atoms with E-state index in [1.165, 1.54) is 6.07 Å². The largest absolute Gasteiger partial charge is 0.295 e. The first-order valence-corrected chi connectivity index (χ1v) is 10.1. The maximum Gasteiger partial charge on any atom is 0.290 e. The number of fused-ring (bicyclic) bond motifs is 5. The summed E-state index contributed by atoms with van der Waals surface area (Å²) in [5.41, 5.74) is 9.06. The fraction of sp³-hybridized carbons (Fsp3) is 0.238. The van der Waals surface area contributed by atoms with Crippen LogP contribution in [0.3, 0.4) is 0 Å². The molecule has 0 unspecified atom stereocenters. The van der Waals surface area contributed by atoms with Crippen molar-refractivity contribution in [3.05, 3.63) is 75.8 Å². The summed E-state index contributed by atoms with van der Waals surface area (Å²) in [7, 11) is 0. The van der Waals surface area contributed by atoms with Crippen LogP contribution < -0.4 is 10.9 Å². The van der Waals surface area contributed by atoms with E-state index < -0.39 is 5.82 Å². The van der Waals surface area contributed by atoms with Crippen LogP contribution in [0, 0.1) is 5.82 Å². The number of hydrogen-bond acceptors (Lipinski definition) is 3. The van der Waals surface area contributed by atoms with Gasteiger partial charge in [0.1, 0.15) is 5.82 Å². The Bertz CT molecular complexity index is 1060. The molecule has 2 N–H and O–H groups in total. The molecule has 5 rings (SSSR count). The zero-order chi connectivity index (χ0) is 19.3. The number of halogens is 2. The van der Waals surface area contributed by atoms with Crippen molar-refractivity contribution in [2.75, 3.05) is 5.43 Å². The van der Waals surface area contributed by atoms with Gasteiger partial charge in [0.15, 0.2) is 5.69 Å². The molecule has 3 aromatic rings. The van der Waals surface area contributed by atoms with Gasteiger partial charge in [-0.25, -0.2) is 9.07 Å². The van der Waals surface area contributed by atoms with E-state index in [4.69, 9.17) is 0 Å². The minimum Gasteiger partial charge on any atom is -0.295 e. The molecule has 2 atom stereocenters. The van der Waals surface area contributed by atoms with Crippen molar-refractivity contribution in [3.8, 4) is 5.69 Å². The number of carbonyl (C=O) groups excluding carboxylic acids is 1. The molecule has 1 saturated carbocycles. The average Bonchev–Trinajstić information content (AvgIpc) is 3.40. The monoisotopic (exact) mass is 440 g/mol. The molecule has 2 aliphatic carbocycles. The molecule has 5 nitrogen and oxygen atoms in total. The van der Waals surface area contributed by atoms with E-state index in [-0.39, 0.29) is 11.6 Å². The molecule has 1 aromatic heterocycles. The van der Waals surface area contributed by atoms with Crippen LogP contribution in [0.1, 0.15) is 52.8 Å². The number of rotatable bonds is 4. The molecule has 28 heavy (non-hydrogen) atoms. The predicted octanol–water partition coefficient (Wildman–Crippen LogP) is 4.90. The van der Waals surface area contributed by atoms with Gasteiger partial charge in [0.25, 0.3) is 5.91 Å². The van der Waals surface area contributed by atoms with Crippen LogP contribution in [0.2, 0.25) is 0 Å². The van der Waals surface area contributed by atoms with Gasteiger partial charge < -0.3 is 0 Å². The van der Waals surface area contributed by atoms with Crippen LogP contribution in [0.25, 0.3) is 5.69 Å². The molecule has 2 aromatic carbocycles. The fourth-order valence-corrected chi connectivity index (χ4v) is 4.69. The molecule has 1 amide bonds. The van der Waals surface area contributed by atoms with Gasteiger partial charge in [-0.15, -0.1) is 0 Å². The standard InChI is InChI=1S/C21H18BrFN4O/c22-14-7-9-15(10-8-14)27-20-13-6-5-12(11-13)18(20)19(26-27)21(28)25-24-17-4-2-1-3-16(17)23/h1-4,7-10,12-13,24H,5-6,11H2,(H,25,28)/t12-,13-/m0/s1. The van der Waals surface area contributed by atoms with Gasteiger partial charge in [-0.1, -0.05) is 28.1 Å². The number of hydrogen-bond donors (Lipinski definition) is 2. The molecule has 0 saturated heterocycles. The first-order valence-electron chi connectivity index (χ1n) is 9.31. The number of aromatic nitrogens is 2. The van der Waals surface area contributed by atoms with Crippen molar-refractivity contribution in [1.82, 2.24) is 15.2 Å². The molecule has 0 aliphatic heterocycles. The van der Waals surface area contributed by atoms with E-state index >= 15 is 0 Å². The van der Waals surface area contributed by atoms with Gasteiger partial charge in [-0.05, 0) is 61.6 Å². The Hall–Kier alpha value is -2.67. The van der Waals surface area contributed by atoms with Crippen molar-refractivity contribution in [2.24, 2.45) is 0 Å². The lowest BCUT2D eigenvalue weighted by Gasteiger charge is -2.14. The highest BCUT2D eigenvalue weighted by Crippen LogP contribution is 2.54. The second kappa shape index (κ2) is 6.74. The van der Waals surface area contributed by atoms with E-state index in [2.05, 4.69) is 31.9 Å². The lowest BCUT2D eigenvalue weighted by Crippen LogP contribution is -2.31. The maximum absolute atomic E-state index is 13.8. The SMILES string of the molecule is O=C(NNc1ccccc1F)c1nn(-c2ccc(Br)cc2)c2c1[C@H]1CC[C@H]2C1. The van der Waals surface area contributed by atoms with Crippen molar-refractivity contribution in [2.45, 2.75) is 31.1 Å². The normalized spacial score (nSPS) is 19.5. The Morgan fingerprint density at radius 1 is 1.11 bits per heavy atom. The van der Waals surface area contributed by atoms with Gasteiger partial charge >= 0.3 is 0 Å². The Morgan fingerprint density at radius 3 is 2.64 bits per heavy atom. The number of nitrogens with zero attached hydrogens (tertiary/aromatic N) is 2. The number of benzene rings is 2. The van der Waals surface area contributed by atoms with Gasteiger partial charge in [0, 0.05) is 16.0 Å². The minimum absolute atomic E-state index is 0.223. The number of carbonyl (C=O) groups is 1. The molecular formula is C21H18BrFN4O. The van der Waals surface area contributed by atoms with Crippen molar-refractivity contribution in [3.63, 3.8) is 0 Å². The smallest absolute Gasteiger partial charge is 0.290 e. The highest BCUT2D eigenvalue weighted by molar-refractivity contribution is 9.10. The van der Waals surface area contributed by atoms with Crippen molar-refractivity contribution < 1.29 is 9.18 Å². The quantitative estimate of drug-likeness (QED) is 0.567. The summed E-state index contributed by atoms with van der Waals surface area (Å²) in [6.07, 6.45) is 3.30. The third kappa shape index (κ3) is 2.81. The summed E-state index contributed by atoms with van der Waals surface area (Å²) in [6.45, 7) is 0. The highest BCUT2D eigenvalue weighted by Gasteiger charge is 2.44. The van der Waals surface area contributed by atoms with Crippen LogP contribution in [0.5, 0.6) is 0 Å². The minimum atomic E-state index is -0.424. The average molecular weight is 441 g/mol. The van der Waals surface area contributed by atoms with E-state index in [1.807, 2.05) is 28.9 Å². The van der Waals surface area contributed by atoms with Crippen LogP contribution in [-0.4, -0.2) is 15.7 Å². The third-order valence-corrected chi connectivity index (χ3v) is 6.19. The lowest BCUT2D eigenvalue weighted by atomic mass is 9.95. The zero-order valence-corrected chi connectivity index (χ0v) is 16.5. The second-order valence-electron chi connectivity index (χ2n) is 7.30. The first kappa shape index (κ1) is 17.4.